The summed E-state index contributed by atoms with van der Waals surface area (Å²) in [4.78, 5) is 50.4. The molecule has 2 saturated heterocycles. The lowest BCUT2D eigenvalue weighted by Crippen LogP contribution is -2.42. The number of ether oxygens (including phenoxy) is 2. The highest BCUT2D eigenvalue weighted by Gasteiger charge is 2.26. The van der Waals surface area contributed by atoms with Gasteiger partial charge in [-0.2, -0.15) is 29.9 Å². The Balaban J connectivity index is 0.000000239. The van der Waals surface area contributed by atoms with Crippen LogP contribution in [-0.2, 0) is 9.68 Å². The van der Waals surface area contributed by atoms with Crippen LogP contribution < -0.4 is 40.5 Å². The molecule has 23 heteroatoms. The molecule has 0 spiro atoms. The van der Waals surface area contributed by atoms with Crippen LogP contribution in [0.3, 0.4) is 0 Å². The Hall–Kier alpha value is -6.27. The Morgan fingerprint density at radius 3 is 1.32 bits per heavy atom. The van der Waals surface area contributed by atoms with Gasteiger partial charge in [-0.15, -0.1) is 0 Å². The molecule has 76 heavy (non-hydrogen) atoms. The number of halogens is 2. The number of benzene rings is 2. The van der Waals surface area contributed by atoms with E-state index in [0.717, 1.165) is 90.7 Å². The summed E-state index contributed by atoms with van der Waals surface area (Å²) in [5, 5.41) is 36.0. The molecule has 21 nitrogen and oxygen atoms in total. The van der Waals surface area contributed by atoms with Crippen molar-refractivity contribution < 1.29 is 43.4 Å². The second-order valence-corrected chi connectivity index (χ2v) is 19.5. The van der Waals surface area contributed by atoms with Gasteiger partial charge in [0, 0.05) is 75.0 Å². The number of hydrogen-bond acceptors (Lipinski definition) is 20. The maximum atomic E-state index is 14.2. The molecular weight excluding hydrogens is 983 g/mol. The Labute approximate surface area is 446 Å². The molecule has 4 aliphatic rings. The number of aliphatic hydroxyl groups is 1. The van der Waals surface area contributed by atoms with Crippen molar-refractivity contribution in [1.82, 2.24) is 39.7 Å². The third-order valence-electron chi connectivity index (χ3n) is 14.0. The van der Waals surface area contributed by atoms with Crippen molar-refractivity contribution in [3.8, 4) is 11.5 Å². The predicted octanol–water partition coefficient (Wildman–Crippen LogP) is 8.58. The van der Waals surface area contributed by atoms with Gasteiger partial charge in [0.25, 0.3) is 0 Å². The summed E-state index contributed by atoms with van der Waals surface area (Å²) in [7, 11) is 12.3. The van der Waals surface area contributed by atoms with Crippen LogP contribution in [0, 0.1) is 11.6 Å². The number of carboxylic acids is 1. The van der Waals surface area contributed by atoms with E-state index in [4.69, 9.17) is 44.9 Å². The van der Waals surface area contributed by atoms with Crippen molar-refractivity contribution in [3.05, 3.63) is 60.2 Å². The largest absolute Gasteiger partial charge is 0.494 e. The highest BCUT2D eigenvalue weighted by atomic mass is 19.1. The molecule has 4 heterocycles. The number of piperidine rings is 2. The van der Waals surface area contributed by atoms with Gasteiger partial charge in [0.15, 0.2) is 23.1 Å². The first-order valence-electron chi connectivity index (χ1n) is 26.5. The molecule has 2 aromatic heterocycles. The maximum absolute atomic E-state index is 14.2. The lowest BCUT2D eigenvalue weighted by molar-refractivity contribution is -0.231. The second-order valence-electron chi connectivity index (χ2n) is 19.5. The molecule has 2 aliphatic heterocycles. The lowest BCUT2D eigenvalue weighted by Gasteiger charge is -2.35. The van der Waals surface area contributed by atoms with Crippen LogP contribution in [0.15, 0.2) is 48.6 Å². The molecule has 8 rings (SSSR count). The van der Waals surface area contributed by atoms with Gasteiger partial charge < -0.3 is 60.6 Å². The van der Waals surface area contributed by atoms with Gasteiger partial charge in [-0.3, -0.25) is 5.26 Å². The fraction of sp³-hybridized carbons (Fsp3) is 0.604. The van der Waals surface area contributed by atoms with E-state index >= 15 is 0 Å². The van der Waals surface area contributed by atoms with Crippen molar-refractivity contribution >= 4 is 53.0 Å². The van der Waals surface area contributed by atoms with Crippen molar-refractivity contribution in [3.63, 3.8) is 0 Å². The van der Waals surface area contributed by atoms with Gasteiger partial charge in [0.05, 0.1) is 14.2 Å². The average molecular weight is 1070 g/mol. The van der Waals surface area contributed by atoms with Crippen molar-refractivity contribution in [2.75, 3.05) is 113 Å². The number of anilines is 8. The van der Waals surface area contributed by atoms with E-state index in [2.05, 4.69) is 83.9 Å². The quantitative estimate of drug-likeness (QED) is 0.0227. The lowest BCUT2D eigenvalue weighted by atomic mass is 10.0. The Bertz CT molecular complexity index is 2210. The first-order chi connectivity index (χ1) is 36.8. The first kappa shape index (κ1) is 60.6. The van der Waals surface area contributed by atoms with Gasteiger partial charge in [-0.1, -0.05) is 51.4 Å². The predicted molar refractivity (Wildman–Crippen MR) is 294 cm³/mol. The van der Waals surface area contributed by atoms with Crippen molar-refractivity contribution in [2.45, 2.75) is 127 Å². The molecule has 2 aliphatic carbocycles. The minimum Gasteiger partial charge on any atom is -0.494 e. The van der Waals surface area contributed by atoms with Gasteiger partial charge in [0.1, 0.15) is 6.61 Å². The van der Waals surface area contributed by atoms with Gasteiger partial charge >= 0.3 is 5.97 Å². The van der Waals surface area contributed by atoms with Crippen LogP contribution in [0.25, 0.3) is 0 Å². The Kier molecular flexibility index (Phi) is 25.8. The van der Waals surface area contributed by atoms with Gasteiger partial charge in [-0.25, -0.2) is 18.5 Å². The SMILES string of the molecule is CO.COc1ccc(Nc2nc(NC3CCCCCC3)nc(N(C)C3CCN(C)CC3)n2)cc1F.COc1ccc(Nc2nc(NC3CCCCCC3)nc(N(C)C3CCN(C)CC3)n2)cc1F.O=C(O)/C=C\COO. The zero-order valence-electron chi connectivity index (χ0n) is 45.5. The van der Waals surface area contributed by atoms with Crippen LogP contribution in [0.4, 0.5) is 55.8 Å². The summed E-state index contributed by atoms with van der Waals surface area (Å²) >= 11 is 0. The summed E-state index contributed by atoms with van der Waals surface area (Å²) in [6.45, 7) is 4.15. The average Bonchev–Trinajstić information content (AvgIpc) is 3.85. The van der Waals surface area contributed by atoms with Crippen LogP contribution >= 0.6 is 0 Å². The standard InChI is InChI=1S/2C24H36FN7O.C4H6O4.CH4O/c2*1-31-14-12-19(13-15-31)32(2)24-29-22(26-17-8-6-4-5-7-9-17)28-23(30-24)27-18-10-11-21(33-3)20(25)16-18;5-4(6)2-1-3-8-7;1-2/h2*10-11,16-17,19H,4-9,12-15H2,1-3H3,(H2,26,27,28,29,30);1-2,7H,3H2,(H,5,6);2H,1H3/b;;2-1-;. The number of likely N-dealkylation sites (tertiary alicyclic amines) is 2. The number of aromatic nitrogens is 6. The summed E-state index contributed by atoms with van der Waals surface area (Å²) in [6, 6.07) is 11.0. The monoisotopic (exact) mass is 1060 g/mol. The number of aliphatic carboxylic acids is 1. The van der Waals surface area contributed by atoms with E-state index in [1.54, 1.807) is 24.3 Å². The molecule has 2 aromatic carbocycles. The van der Waals surface area contributed by atoms with Crippen LogP contribution in [0.5, 0.6) is 11.5 Å². The number of nitrogens with one attached hydrogen (secondary N) is 4. The maximum Gasteiger partial charge on any atom is 0.328 e. The fourth-order valence-corrected chi connectivity index (χ4v) is 9.53. The highest BCUT2D eigenvalue weighted by Crippen LogP contribution is 2.29. The molecule has 0 bridgehead atoms. The molecule has 0 radical (unpaired) electrons. The molecular formula is C53H82F2N14O7. The molecule has 0 amide bonds. The summed E-state index contributed by atoms with van der Waals surface area (Å²) in [5.41, 5.74) is 1.13. The number of rotatable bonds is 17. The first-order valence-corrected chi connectivity index (χ1v) is 26.5. The van der Waals surface area contributed by atoms with Gasteiger partial charge in [0.2, 0.25) is 35.7 Å². The zero-order valence-corrected chi connectivity index (χ0v) is 45.5. The number of carboxylic acid groups (broad SMARTS) is 1. The van der Waals surface area contributed by atoms with Gasteiger partial charge in [-0.05, 0) is 122 Å². The summed E-state index contributed by atoms with van der Waals surface area (Å²) in [6.07, 6.45) is 20.9. The molecule has 420 valence electrons. The van der Waals surface area contributed by atoms with Crippen LogP contribution in [0.2, 0.25) is 0 Å². The zero-order chi connectivity index (χ0) is 54.8. The van der Waals surface area contributed by atoms with E-state index in [0.29, 0.717) is 71.2 Å². The molecule has 0 atom stereocenters. The van der Waals surface area contributed by atoms with Crippen LogP contribution in [-0.4, -0.2) is 168 Å². The smallest absolute Gasteiger partial charge is 0.328 e. The molecule has 2 saturated carbocycles. The number of carbonyl (C=O) groups is 1. The molecule has 0 unspecified atom stereocenters. The normalized spacial score (nSPS) is 17.2. The van der Waals surface area contributed by atoms with E-state index in [1.165, 1.54) is 83.8 Å². The second kappa shape index (κ2) is 32.3. The number of hydrogen-bond donors (Lipinski definition) is 7. The van der Waals surface area contributed by atoms with Crippen molar-refractivity contribution in [2.24, 2.45) is 0 Å². The summed E-state index contributed by atoms with van der Waals surface area (Å²) < 4.78 is 38.5. The topological polar surface area (TPSA) is 244 Å². The molecule has 4 fully saturated rings. The molecule has 4 aromatic rings. The van der Waals surface area contributed by atoms with E-state index < -0.39 is 17.6 Å². The summed E-state index contributed by atoms with van der Waals surface area (Å²) in [5.74, 6) is 1.70. The minimum absolute atomic E-state index is 0.0910. The number of methoxy groups -OCH3 is 2. The third-order valence-corrected chi connectivity index (χ3v) is 14.0. The fourth-order valence-electron chi connectivity index (χ4n) is 9.53. The van der Waals surface area contributed by atoms with E-state index in [-0.39, 0.29) is 18.1 Å². The number of nitrogens with zero attached hydrogens (tertiary/aromatic N) is 10. The van der Waals surface area contributed by atoms with Crippen LogP contribution in [0.1, 0.15) is 103 Å². The minimum atomic E-state index is -1.05. The third kappa shape index (κ3) is 20.0. The van der Waals surface area contributed by atoms with Crippen molar-refractivity contribution in [1.29, 1.82) is 0 Å². The number of aliphatic hydroxyl groups excluding tert-OH is 1. The van der Waals surface area contributed by atoms with E-state index in [1.807, 2.05) is 0 Å². The Morgan fingerprint density at radius 2 is 0.987 bits per heavy atom. The molecule has 7 N–H and O–H groups in total. The van der Waals surface area contributed by atoms with E-state index in [9.17, 15) is 13.6 Å². The Morgan fingerprint density at radius 1 is 0.618 bits per heavy atom. The highest BCUT2D eigenvalue weighted by molar-refractivity contribution is 5.79.